The van der Waals surface area contributed by atoms with Crippen LogP contribution in [0.3, 0.4) is 0 Å². The molecule has 0 spiro atoms. The molecule has 2 aliphatic carbocycles. The Kier molecular flexibility index (Phi) is 50.6. The molecule has 112 heavy (non-hydrogen) atoms. The zero-order chi connectivity index (χ0) is 83.0. The number of benzene rings is 4. The number of alkyl halides is 12. The van der Waals surface area contributed by atoms with Gasteiger partial charge < -0.3 is 72.7 Å². The Hall–Kier alpha value is -7.10. The second-order valence-electron chi connectivity index (χ2n) is 26.2. The predicted octanol–water partition coefficient (Wildman–Crippen LogP) is 7.27. The van der Waals surface area contributed by atoms with E-state index in [9.17, 15) is 91.0 Å². The summed E-state index contributed by atoms with van der Waals surface area (Å²) in [6.07, 6.45) is -12.2. The average Bonchev–Trinajstić information content (AvgIpc) is 1.65. The summed E-state index contributed by atoms with van der Waals surface area (Å²) in [7, 11) is 1.00. The van der Waals surface area contributed by atoms with Crippen LogP contribution in [0.5, 0.6) is 0 Å². The molecule has 9 N–H and O–H groups in total. The molecule has 2 amide bonds. The van der Waals surface area contributed by atoms with Gasteiger partial charge in [-0.1, -0.05) is 105 Å². The molecule has 39 heteroatoms. The molecule has 2 aliphatic rings. The molecular weight excluding hydrogens is 1570 g/mol. The average molecular weight is 1670 g/mol. The van der Waals surface area contributed by atoms with Gasteiger partial charge in [0.15, 0.2) is 0 Å². The number of carbonyl (C=O) groups excluding carboxylic acids is 9. The number of amides is 2. The van der Waals surface area contributed by atoms with Crippen LogP contribution in [0.2, 0.25) is 0 Å². The number of esters is 2. The molecule has 0 saturated heterocycles. The molecule has 2 heterocycles. The molecule has 4 aromatic carbocycles. The van der Waals surface area contributed by atoms with Gasteiger partial charge in [0, 0.05) is 43.4 Å². The van der Waals surface area contributed by atoms with Crippen molar-refractivity contribution in [1.82, 2.24) is 19.8 Å². The number of para-hydroxylation sites is 2. The van der Waals surface area contributed by atoms with Gasteiger partial charge in [0.1, 0.15) is 22.4 Å². The van der Waals surface area contributed by atoms with Gasteiger partial charge in [-0.3, -0.25) is 23.5 Å². The van der Waals surface area contributed by atoms with E-state index < -0.39 is 89.3 Å². The molecule has 0 unspecified atom stereocenters. The maximum atomic E-state index is 12.3. The summed E-state index contributed by atoms with van der Waals surface area (Å²) in [4.78, 5) is 98.6. The van der Waals surface area contributed by atoms with Gasteiger partial charge in [-0.2, -0.15) is 52.7 Å². The summed E-state index contributed by atoms with van der Waals surface area (Å²) >= 11 is 0. The van der Waals surface area contributed by atoms with E-state index in [0.29, 0.717) is 24.0 Å². The number of aromatic nitrogens is 2. The van der Waals surface area contributed by atoms with Crippen LogP contribution in [0.15, 0.2) is 122 Å². The number of hydrogen-bond donors (Lipinski definition) is 5. The summed E-state index contributed by atoms with van der Waals surface area (Å²) in [5.74, 6) is -10.3. The Morgan fingerprint density at radius 1 is 0.473 bits per heavy atom. The number of fused-ring (bicyclic) bond motifs is 4. The number of carbonyl (C=O) groups is 9. The summed E-state index contributed by atoms with van der Waals surface area (Å²) in [5, 5.41) is 20.9. The van der Waals surface area contributed by atoms with Crippen LogP contribution in [0.25, 0.3) is 33.0 Å². The van der Waals surface area contributed by atoms with Gasteiger partial charge in [0.05, 0.1) is 11.0 Å². The second-order valence-corrected chi connectivity index (χ2v) is 26.2. The monoisotopic (exact) mass is 1660 g/mol. The summed E-state index contributed by atoms with van der Waals surface area (Å²) in [5.41, 5.74) is 19.2. The Bertz CT molecular complexity index is 3990. The van der Waals surface area contributed by atoms with E-state index in [2.05, 4.69) is 44.7 Å². The second kappa shape index (κ2) is 51.0. The maximum Gasteiger partial charge on any atom is 1.00 e. The summed E-state index contributed by atoms with van der Waals surface area (Å²) in [6, 6.07) is 31.1. The molecule has 0 saturated carbocycles. The van der Waals surface area contributed by atoms with Crippen LogP contribution >= 0.6 is 0 Å². The maximum absolute atomic E-state index is 12.3. The van der Waals surface area contributed by atoms with E-state index in [1.54, 1.807) is 91.1 Å². The zero-order valence-electron chi connectivity index (χ0n) is 64.7. The first kappa shape index (κ1) is 111. The van der Waals surface area contributed by atoms with Gasteiger partial charge >= 0.3 is 176 Å². The first-order chi connectivity index (χ1) is 49.8. The van der Waals surface area contributed by atoms with Crippen molar-refractivity contribution in [3.8, 4) is 0 Å². The van der Waals surface area contributed by atoms with Crippen molar-refractivity contribution in [2.75, 3.05) is 33.3 Å². The van der Waals surface area contributed by atoms with Crippen molar-refractivity contribution in [3.05, 3.63) is 155 Å². The molecule has 2 aromatic heterocycles. The van der Waals surface area contributed by atoms with Crippen LogP contribution in [0.1, 0.15) is 138 Å². The van der Waals surface area contributed by atoms with Crippen LogP contribution in [-0.2, 0) is 83.0 Å². The first-order valence-electron chi connectivity index (χ1n) is 32.3. The third-order valence-corrected chi connectivity index (χ3v) is 13.0. The fourth-order valence-corrected chi connectivity index (χ4v) is 8.95. The number of nitrogens with two attached hydrogens (primary N) is 2. The molecule has 0 atom stereocenters. The van der Waals surface area contributed by atoms with Gasteiger partial charge in [0.2, 0.25) is 0 Å². The number of aliphatic hydroxyl groups is 1. The van der Waals surface area contributed by atoms with Crippen molar-refractivity contribution in [2.45, 2.75) is 176 Å². The standard InChI is InChI=1S/C17H19F3N2O3.C15H20N2O2.C13H12F3NO.C11H13N.C10H18O5.C4F6O3.CH2O3.CH4O.CH4.2K.H2O.H/c1-16(2,3)25-15(24)22-10-11(12-6-4-5-7-13(12)22)8-9-21-14(23)17(18,19)20;1-15(2,3)19-14(18)17-10-11(8-9-16)12-6-4-5-7-13(12)17;14-13(15,16)12(18)17-8-7-10-6-5-9-3-1-2-4-11(9)10;12-8-7-10-6-5-9-3-1-2-4-11(9)10;1-9(2,3)14-7(11)13-8(12)15-10(4,5)6;5-3(6,7)1(11)13-2(12)4(8,9)10;2-1-4-3;1-2;;;;;/h4-7,10H,8-9H2,1-3H3,(H,21,23);4-7,10H,8-9,16H2,1-3H3;1-4,6H,5,7-8H2,(H,17,18);1-4,6H,5,7-8,12H2;1-6H3;;1,3H;2H,1H3;1H4;;;1H2;/q;;;;;;;;;2*+1;;-1/p-1. The third-order valence-electron chi connectivity index (χ3n) is 13.0. The minimum absolute atomic E-state index is 0. The van der Waals surface area contributed by atoms with E-state index in [4.69, 9.17) is 45.6 Å². The SMILES string of the molecule is C.CC(C)(C)OC(=O)OC(=O)OC(C)(C)C.CC(C)(C)OC(=O)n1cc(CCN)c2ccccc21.CC(C)(C)OC(=O)n1cc(CCNC(=O)C(F)(F)F)c2ccccc21.CO.NCCC1=CCc2ccccc21.O.O=C(NCCC1=CCc2ccccc21)C(F)(F)F.O=C(OC(=O)C(F)(F)F)C(F)(F)F.O=CO[O-].[H-].[K+].[K+]. The number of rotatable bonds is 11. The number of nitrogens with zero attached hydrogens (tertiary/aromatic N) is 2. The smallest absolute Gasteiger partial charge is 1.00 e. The van der Waals surface area contributed by atoms with Crippen molar-refractivity contribution in [2.24, 2.45) is 11.5 Å². The van der Waals surface area contributed by atoms with E-state index >= 15 is 0 Å². The fourth-order valence-electron chi connectivity index (χ4n) is 8.95. The number of halogens is 12. The number of hydrogen-bond acceptors (Lipinski definition) is 20. The normalized spacial score (nSPS) is 11.8. The molecule has 8 rings (SSSR count). The topological polar surface area (TPSA) is 379 Å². The van der Waals surface area contributed by atoms with E-state index in [1.165, 1.54) is 33.0 Å². The Balaban J connectivity index is -0.000000409. The van der Waals surface area contributed by atoms with E-state index in [-0.39, 0.29) is 149 Å². The van der Waals surface area contributed by atoms with Crippen molar-refractivity contribution in [3.63, 3.8) is 0 Å². The van der Waals surface area contributed by atoms with Crippen LogP contribution in [0, 0.1) is 0 Å². The molecule has 0 bridgehead atoms. The number of ether oxygens (including phenoxy) is 6. The Morgan fingerprint density at radius 2 is 0.777 bits per heavy atom. The minimum Gasteiger partial charge on any atom is -1.00 e. The molecule has 6 aromatic rings. The molecule has 0 aliphatic heterocycles. The molecule has 0 fully saturated rings. The van der Waals surface area contributed by atoms with Crippen molar-refractivity contribution in [1.29, 1.82) is 0 Å². The van der Waals surface area contributed by atoms with Crippen LogP contribution in [-0.4, -0.2) is 155 Å². The van der Waals surface area contributed by atoms with Crippen molar-refractivity contribution < 1.29 is 249 Å². The molecular formula is C73H94F12K2N6O19. The fraction of sp³-hybridized carbons (Fsp3) is 0.438. The first-order valence-corrected chi connectivity index (χ1v) is 32.3. The molecule has 0 radical (unpaired) electrons. The van der Waals surface area contributed by atoms with Gasteiger partial charge in [-0.25, -0.2) is 28.8 Å². The zero-order valence-corrected chi connectivity index (χ0v) is 69.9. The minimum atomic E-state index is -5.62. The number of allylic oxidation sites excluding steroid dienone is 2. The van der Waals surface area contributed by atoms with E-state index in [0.717, 1.165) is 72.3 Å². The number of nitrogens with one attached hydrogen (secondary N) is 2. The van der Waals surface area contributed by atoms with E-state index in [1.807, 2.05) is 92.2 Å². The van der Waals surface area contributed by atoms with Crippen molar-refractivity contribution >= 4 is 87.7 Å². The predicted molar refractivity (Wildman–Crippen MR) is 380 cm³/mol. The molecule has 616 valence electrons. The number of aliphatic hydroxyl groups excluding tert-OH is 1. The Morgan fingerprint density at radius 3 is 1.09 bits per heavy atom. The van der Waals surface area contributed by atoms with Crippen LogP contribution in [0.4, 0.5) is 71.9 Å². The largest absolute Gasteiger partial charge is 1.00 e. The molecule has 25 nitrogen and oxygen atoms in total. The summed E-state index contributed by atoms with van der Waals surface area (Å²) in [6.45, 7) is 21.7. The third kappa shape index (κ3) is 42.9. The van der Waals surface area contributed by atoms with Gasteiger partial charge in [-0.05, 0) is 191 Å². The van der Waals surface area contributed by atoms with Gasteiger partial charge in [0.25, 0.3) is 6.47 Å². The Labute approximate surface area is 725 Å². The quantitative estimate of drug-likeness (QED) is 0.0124. The van der Waals surface area contributed by atoms with Crippen LogP contribution < -0.4 is 130 Å². The van der Waals surface area contributed by atoms with Gasteiger partial charge in [-0.15, -0.1) is 0 Å². The summed E-state index contributed by atoms with van der Waals surface area (Å²) < 4.78 is 170.